The predicted molar refractivity (Wildman–Crippen MR) is 78.0 cm³/mol. The summed E-state index contributed by atoms with van der Waals surface area (Å²) in [5, 5.41) is 18.6. The molecule has 1 atom stereocenters. The molecule has 1 aromatic carbocycles. The number of hydrogen-bond donors (Lipinski definition) is 2. The van der Waals surface area contributed by atoms with E-state index in [9.17, 15) is 14.7 Å². The van der Waals surface area contributed by atoms with E-state index in [-0.39, 0.29) is 30.5 Å². The Morgan fingerprint density at radius 3 is 2.71 bits per heavy atom. The van der Waals surface area contributed by atoms with E-state index in [0.717, 1.165) is 19.3 Å². The Morgan fingerprint density at radius 1 is 1.24 bits per heavy atom. The Kier molecular flexibility index (Phi) is 5.20. The minimum absolute atomic E-state index is 0.00760. The lowest BCUT2D eigenvalue weighted by Gasteiger charge is -2.36. The summed E-state index contributed by atoms with van der Waals surface area (Å²) >= 11 is 0. The first-order valence-electron chi connectivity index (χ1n) is 7.36. The maximum Gasteiger partial charge on any atom is 0.303 e. The average Bonchev–Trinajstić information content (AvgIpc) is 2.47. The number of likely N-dealkylation sites (tertiary alicyclic amines) is 1. The van der Waals surface area contributed by atoms with E-state index in [1.54, 1.807) is 29.2 Å². The van der Waals surface area contributed by atoms with E-state index >= 15 is 0 Å². The second kappa shape index (κ2) is 7.11. The van der Waals surface area contributed by atoms with Crippen LogP contribution < -0.4 is 0 Å². The Hall–Kier alpha value is -2.04. The number of carboxylic acid groups (broad SMARTS) is 1. The van der Waals surface area contributed by atoms with Crippen molar-refractivity contribution >= 4 is 11.9 Å². The monoisotopic (exact) mass is 291 g/mol. The lowest BCUT2D eigenvalue weighted by Crippen LogP contribution is -2.44. The summed E-state index contributed by atoms with van der Waals surface area (Å²) in [7, 11) is 0. The van der Waals surface area contributed by atoms with Crippen LogP contribution >= 0.6 is 0 Å². The van der Waals surface area contributed by atoms with E-state index in [1.165, 1.54) is 0 Å². The summed E-state index contributed by atoms with van der Waals surface area (Å²) in [6.45, 7) is 0.677. The maximum absolute atomic E-state index is 12.4. The number of piperidine rings is 1. The molecule has 2 rings (SSSR count). The molecular weight excluding hydrogens is 270 g/mol. The van der Waals surface area contributed by atoms with Gasteiger partial charge in [-0.05, 0) is 31.7 Å². The van der Waals surface area contributed by atoms with Crippen molar-refractivity contribution in [3.63, 3.8) is 0 Å². The molecule has 0 aliphatic carbocycles. The summed E-state index contributed by atoms with van der Waals surface area (Å²) in [6, 6.07) is 6.83. The highest BCUT2D eigenvalue weighted by atomic mass is 16.4. The molecule has 0 bridgehead atoms. The number of aliphatic carboxylic acids is 1. The number of aromatic hydroxyl groups is 1. The van der Waals surface area contributed by atoms with Gasteiger partial charge in [0.15, 0.2) is 0 Å². The van der Waals surface area contributed by atoms with Crippen LogP contribution in [0.15, 0.2) is 24.3 Å². The number of carbonyl (C=O) groups is 2. The van der Waals surface area contributed by atoms with E-state index in [1.807, 2.05) is 0 Å². The molecule has 2 N–H and O–H groups in total. The molecule has 0 spiro atoms. The zero-order chi connectivity index (χ0) is 15.2. The first kappa shape index (κ1) is 15.4. The largest absolute Gasteiger partial charge is 0.508 e. The highest BCUT2D eigenvalue weighted by molar-refractivity contribution is 5.80. The van der Waals surface area contributed by atoms with Crippen molar-refractivity contribution < 1.29 is 19.8 Å². The third kappa shape index (κ3) is 4.21. The molecule has 1 fully saturated rings. The van der Waals surface area contributed by atoms with Crippen LogP contribution in [0.25, 0.3) is 0 Å². The van der Waals surface area contributed by atoms with Gasteiger partial charge in [-0.25, -0.2) is 0 Å². The fourth-order valence-electron chi connectivity index (χ4n) is 2.84. The number of para-hydroxylation sites is 1. The van der Waals surface area contributed by atoms with Gasteiger partial charge < -0.3 is 15.1 Å². The van der Waals surface area contributed by atoms with Crippen LogP contribution in [0.1, 0.15) is 37.7 Å². The summed E-state index contributed by atoms with van der Waals surface area (Å²) in [5.41, 5.74) is 0.616. The van der Waals surface area contributed by atoms with Crippen molar-refractivity contribution in [2.75, 3.05) is 6.54 Å². The number of hydrogen-bond acceptors (Lipinski definition) is 3. The van der Waals surface area contributed by atoms with Gasteiger partial charge in [-0.3, -0.25) is 9.59 Å². The smallest absolute Gasteiger partial charge is 0.303 e. The quantitative estimate of drug-likeness (QED) is 0.871. The molecule has 21 heavy (non-hydrogen) atoms. The molecule has 1 aliphatic heterocycles. The number of amides is 1. The van der Waals surface area contributed by atoms with Gasteiger partial charge in [0.25, 0.3) is 0 Å². The average molecular weight is 291 g/mol. The third-order valence-electron chi connectivity index (χ3n) is 3.97. The van der Waals surface area contributed by atoms with E-state index in [2.05, 4.69) is 0 Å². The zero-order valence-corrected chi connectivity index (χ0v) is 12.0. The second-order valence-electron chi connectivity index (χ2n) is 5.47. The maximum atomic E-state index is 12.4. The lowest BCUT2D eigenvalue weighted by molar-refractivity contribution is -0.139. The molecule has 0 saturated carbocycles. The number of carboxylic acids is 1. The third-order valence-corrected chi connectivity index (χ3v) is 3.97. The predicted octanol–water partition coefficient (Wildman–Crippen LogP) is 2.18. The first-order valence-corrected chi connectivity index (χ1v) is 7.36. The Balaban J connectivity index is 2.01. The van der Waals surface area contributed by atoms with Gasteiger partial charge in [0, 0.05) is 24.6 Å². The Bertz CT molecular complexity index is 515. The zero-order valence-electron chi connectivity index (χ0n) is 12.0. The van der Waals surface area contributed by atoms with E-state index in [0.29, 0.717) is 18.5 Å². The number of nitrogens with zero attached hydrogens (tertiary/aromatic N) is 1. The highest BCUT2D eigenvalue weighted by Crippen LogP contribution is 2.23. The number of rotatable bonds is 5. The van der Waals surface area contributed by atoms with Crippen LogP contribution in [0.2, 0.25) is 0 Å². The minimum atomic E-state index is -0.825. The standard InChI is InChI=1S/C16H21NO4/c18-14-7-2-1-5-12(14)11-15(19)17-10-4-3-6-13(17)8-9-16(20)21/h1-2,5,7,13,18H,3-4,6,8-11H2,(H,20,21). The Labute approximate surface area is 124 Å². The molecule has 1 saturated heterocycles. The molecular formula is C16H21NO4. The fourth-order valence-corrected chi connectivity index (χ4v) is 2.84. The van der Waals surface area contributed by atoms with Crippen molar-refractivity contribution in [1.82, 2.24) is 4.90 Å². The van der Waals surface area contributed by atoms with Gasteiger partial charge in [0.05, 0.1) is 6.42 Å². The van der Waals surface area contributed by atoms with Gasteiger partial charge in [-0.1, -0.05) is 18.2 Å². The number of carbonyl (C=O) groups excluding carboxylic acids is 1. The second-order valence-corrected chi connectivity index (χ2v) is 5.47. The SMILES string of the molecule is O=C(O)CCC1CCCCN1C(=O)Cc1ccccc1O. The van der Waals surface area contributed by atoms with Crippen molar-refractivity contribution in [3.8, 4) is 5.75 Å². The molecule has 0 radical (unpaired) electrons. The molecule has 5 nitrogen and oxygen atoms in total. The molecule has 114 valence electrons. The van der Waals surface area contributed by atoms with Crippen LogP contribution in [0.5, 0.6) is 5.75 Å². The van der Waals surface area contributed by atoms with Gasteiger partial charge in [0.2, 0.25) is 5.91 Å². The molecule has 1 unspecified atom stereocenters. The molecule has 0 aromatic heterocycles. The normalized spacial score (nSPS) is 18.5. The molecule has 1 aliphatic rings. The summed E-state index contributed by atoms with van der Waals surface area (Å²) < 4.78 is 0. The van der Waals surface area contributed by atoms with Crippen molar-refractivity contribution in [2.24, 2.45) is 0 Å². The van der Waals surface area contributed by atoms with Crippen molar-refractivity contribution in [2.45, 2.75) is 44.6 Å². The summed E-state index contributed by atoms with van der Waals surface area (Å²) in [4.78, 5) is 25.0. The van der Waals surface area contributed by atoms with Crippen LogP contribution in [0.3, 0.4) is 0 Å². The first-order chi connectivity index (χ1) is 10.1. The minimum Gasteiger partial charge on any atom is -0.508 e. The van der Waals surface area contributed by atoms with Crippen LogP contribution in [0, 0.1) is 0 Å². The van der Waals surface area contributed by atoms with Gasteiger partial charge >= 0.3 is 5.97 Å². The van der Waals surface area contributed by atoms with E-state index < -0.39 is 5.97 Å². The highest BCUT2D eigenvalue weighted by Gasteiger charge is 2.27. The fraction of sp³-hybridized carbons (Fsp3) is 0.500. The molecule has 1 heterocycles. The van der Waals surface area contributed by atoms with Crippen LogP contribution in [0.4, 0.5) is 0 Å². The topological polar surface area (TPSA) is 77.8 Å². The number of phenolic OH excluding ortho intramolecular Hbond substituents is 1. The summed E-state index contributed by atoms with van der Waals surface area (Å²) in [5.74, 6) is -0.731. The van der Waals surface area contributed by atoms with Crippen LogP contribution in [-0.4, -0.2) is 39.6 Å². The molecule has 1 aromatic rings. The van der Waals surface area contributed by atoms with Gasteiger partial charge in [0.1, 0.15) is 5.75 Å². The van der Waals surface area contributed by atoms with Gasteiger partial charge in [-0.2, -0.15) is 0 Å². The van der Waals surface area contributed by atoms with Crippen LogP contribution in [-0.2, 0) is 16.0 Å². The molecule has 5 heteroatoms. The van der Waals surface area contributed by atoms with Crippen molar-refractivity contribution in [1.29, 1.82) is 0 Å². The Morgan fingerprint density at radius 2 is 2.00 bits per heavy atom. The van der Waals surface area contributed by atoms with Crippen molar-refractivity contribution in [3.05, 3.63) is 29.8 Å². The van der Waals surface area contributed by atoms with Gasteiger partial charge in [-0.15, -0.1) is 0 Å². The number of benzene rings is 1. The number of phenols is 1. The van der Waals surface area contributed by atoms with E-state index in [4.69, 9.17) is 5.11 Å². The summed E-state index contributed by atoms with van der Waals surface area (Å²) in [6.07, 6.45) is 3.60. The molecule has 1 amide bonds. The lowest BCUT2D eigenvalue weighted by atomic mass is 9.97.